The molecule has 2 aromatic carbocycles. The number of nitrogens with one attached hydrogen (secondary N) is 1. The van der Waals surface area contributed by atoms with Crippen LogP contribution in [0.15, 0.2) is 59.1 Å². The number of aliphatic hydroxyl groups excluding tert-OH is 2. The van der Waals surface area contributed by atoms with E-state index in [0.29, 0.717) is 35.2 Å². The van der Waals surface area contributed by atoms with Crippen LogP contribution in [0, 0.1) is 11.8 Å². The number of likely N-dealkylation sites (N-methyl/N-ethyl adjacent to an activating group) is 1. The standard InChI is InChI=1S/C33H38N4O8/c1-36(2)12-6-9-23(39)35-18-8-5-7-16(13-18)19-10-11-22(38)25-20(19)14-17-15-21-27(37(3)4)29(41)26(32(34)44)31(43)33(21,45)30(42)24(17)28(25)40/h5,7-8,10-11,13,17,21,27,38,41-42,45H,6,9,12,14-15H2,1-4H3,(H2,34,44)(H,35,39)/t17-,21-,27-,33-/m0/s1. The van der Waals surface area contributed by atoms with Gasteiger partial charge in [-0.3, -0.25) is 24.1 Å². The van der Waals surface area contributed by atoms with Crippen molar-refractivity contribution in [3.05, 3.63) is 70.2 Å². The zero-order chi connectivity index (χ0) is 33.0. The fourth-order valence-electron chi connectivity index (χ4n) is 7.06. The maximum atomic E-state index is 14.0. The zero-order valence-corrected chi connectivity index (χ0v) is 25.6. The van der Waals surface area contributed by atoms with Crippen LogP contribution in [-0.2, 0) is 20.8 Å². The second-order valence-corrected chi connectivity index (χ2v) is 12.5. The number of hydrogen-bond donors (Lipinski definition) is 6. The van der Waals surface area contributed by atoms with Gasteiger partial charge in [-0.15, -0.1) is 0 Å². The van der Waals surface area contributed by atoms with Gasteiger partial charge in [0.15, 0.2) is 11.4 Å². The maximum absolute atomic E-state index is 14.0. The predicted molar refractivity (Wildman–Crippen MR) is 166 cm³/mol. The Hall–Kier alpha value is -4.52. The number of primary amides is 1. The van der Waals surface area contributed by atoms with Crippen molar-refractivity contribution in [2.75, 3.05) is 40.1 Å². The summed E-state index contributed by atoms with van der Waals surface area (Å²) in [5, 5.41) is 48.0. The molecule has 0 fully saturated rings. The van der Waals surface area contributed by atoms with Crippen LogP contribution in [0.1, 0.15) is 35.2 Å². The number of hydrogen-bond acceptors (Lipinski definition) is 10. The van der Waals surface area contributed by atoms with Crippen molar-refractivity contribution in [2.24, 2.45) is 17.6 Å². The average Bonchev–Trinajstić information content (AvgIpc) is 2.94. The summed E-state index contributed by atoms with van der Waals surface area (Å²) in [5.41, 5.74) is 3.92. The molecule has 3 aliphatic carbocycles. The van der Waals surface area contributed by atoms with Gasteiger partial charge in [0.25, 0.3) is 5.91 Å². The SMILES string of the molecule is CN(C)CCCC(=O)Nc1cccc(-c2ccc(O)c3c2C[C@H]2C[C@H]4[C@H](N(C)C)C(O)=C(C(N)=O)C(=O)[C@@]4(O)C(O)=C2C3=O)c1. The van der Waals surface area contributed by atoms with E-state index in [1.807, 2.05) is 25.1 Å². The third-order valence-corrected chi connectivity index (χ3v) is 9.07. The number of nitrogens with two attached hydrogens (primary N) is 1. The molecular formula is C33H38N4O8. The van der Waals surface area contributed by atoms with Crippen LogP contribution in [0.3, 0.4) is 0 Å². The van der Waals surface area contributed by atoms with Gasteiger partial charge in [-0.1, -0.05) is 18.2 Å². The first kappa shape index (κ1) is 31.9. The number of anilines is 1. The van der Waals surface area contributed by atoms with E-state index in [4.69, 9.17) is 5.73 Å². The number of phenols is 1. The molecule has 12 heteroatoms. The van der Waals surface area contributed by atoms with E-state index in [0.717, 1.165) is 6.54 Å². The van der Waals surface area contributed by atoms with E-state index in [1.165, 1.54) is 11.0 Å². The third kappa shape index (κ3) is 5.28. The minimum absolute atomic E-state index is 0.0100. The zero-order valence-electron chi connectivity index (χ0n) is 25.6. The van der Waals surface area contributed by atoms with Crippen LogP contribution in [0.5, 0.6) is 5.75 Å². The molecule has 0 bridgehead atoms. The Balaban J connectivity index is 1.56. The third-order valence-electron chi connectivity index (χ3n) is 9.07. The number of nitrogens with zero attached hydrogens (tertiary/aromatic N) is 2. The Morgan fingerprint density at radius 1 is 1.07 bits per heavy atom. The molecule has 7 N–H and O–H groups in total. The fourth-order valence-corrected chi connectivity index (χ4v) is 7.06. The van der Waals surface area contributed by atoms with Gasteiger partial charge >= 0.3 is 0 Å². The van der Waals surface area contributed by atoms with Crippen LogP contribution in [0.25, 0.3) is 11.1 Å². The molecule has 45 heavy (non-hydrogen) atoms. The van der Waals surface area contributed by atoms with Gasteiger partial charge in [-0.2, -0.15) is 0 Å². The lowest BCUT2D eigenvalue weighted by Crippen LogP contribution is -2.63. The summed E-state index contributed by atoms with van der Waals surface area (Å²) in [6.45, 7) is 0.776. The van der Waals surface area contributed by atoms with E-state index in [2.05, 4.69) is 5.32 Å². The number of carbonyl (C=O) groups excluding carboxylic acids is 4. The predicted octanol–water partition coefficient (Wildman–Crippen LogP) is 2.07. The molecule has 0 saturated carbocycles. The van der Waals surface area contributed by atoms with Crippen LogP contribution >= 0.6 is 0 Å². The normalized spacial score (nSPS) is 24.5. The highest BCUT2D eigenvalue weighted by Gasteiger charge is 2.63. The van der Waals surface area contributed by atoms with Gasteiger partial charge in [-0.25, -0.2) is 0 Å². The first-order valence-electron chi connectivity index (χ1n) is 14.7. The molecule has 2 aromatic rings. The highest BCUT2D eigenvalue weighted by molar-refractivity contribution is 6.25. The number of amides is 2. The van der Waals surface area contributed by atoms with E-state index < -0.39 is 58.0 Å². The Kier molecular flexibility index (Phi) is 8.34. The number of rotatable bonds is 8. The molecule has 0 unspecified atom stereocenters. The van der Waals surface area contributed by atoms with E-state index >= 15 is 0 Å². The van der Waals surface area contributed by atoms with Crippen LogP contribution in [0.4, 0.5) is 5.69 Å². The summed E-state index contributed by atoms with van der Waals surface area (Å²) in [4.78, 5) is 55.7. The average molecular weight is 619 g/mol. The van der Waals surface area contributed by atoms with Gasteiger partial charge < -0.3 is 36.4 Å². The molecule has 0 spiro atoms. The van der Waals surface area contributed by atoms with Crippen LogP contribution in [-0.4, -0.2) is 100.0 Å². The number of phenolic OH excluding ortho intramolecular Hbond substituents is 1. The number of ketones is 2. The van der Waals surface area contributed by atoms with Crippen molar-refractivity contribution >= 4 is 29.1 Å². The fraction of sp³-hybridized carbons (Fsp3) is 0.394. The first-order chi connectivity index (χ1) is 21.2. The Morgan fingerprint density at radius 3 is 2.42 bits per heavy atom. The van der Waals surface area contributed by atoms with Crippen LogP contribution < -0.4 is 11.1 Å². The molecule has 4 atom stereocenters. The monoisotopic (exact) mass is 618 g/mol. The molecule has 0 saturated heterocycles. The lowest BCUT2D eigenvalue weighted by atomic mass is 9.58. The number of Topliss-reactive ketones (excluding diaryl/α,β-unsaturated/α-hetero) is 2. The lowest BCUT2D eigenvalue weighted by Gasteiger charge is -2.50. The van der Waals surface area contributed by atoms with Gasteiger partial charge in [-0.05, 0) is 94.8 Å². The second-order valence-electron chi connectivity index (χ2n) is 12.5. The lowest BCUT2D eigenvalue weighted by molar-refractivity contribution is -0.148. The summed E-state index contributed by atoms with van der Waals surface area (Å²) in [5.74, 6) is -7.13. The largest absolute Gasteiger partial charge is 0.510 e. The van der Waals surface area contributed by atoms with Crippen molar-refractivity contribution in [3.8, 4) is 16.9 Å². The number of aliphatic hydroxyl groups is 3. The van der Waals surface area contributed by atoms with E-state index in [1.54, 1.807) is 38.4 Å². The highest BCUT2D eigenvalue weighted by atomic mass is 16.3. The summed E-state index contributed by atoms with van der Waals surface area (Å²) >= 11 is 0. The van der Waals surface area contributed by atoms with Crippen LogP contribution in [0.2, 0.25) is 0 Å². The molecule has 0 aromatic heterocycles. The molecule has 12 nitrogen and oxygen atoms in total. The maximum Gasteiger partial charge on any atom is 0.255 e. The Labute approximate surface area is 260 Å². The molecule has 2 amide bonds. The van der Waals surface area contributed by atoms with Crippen molar-refractivity contribution in [1.29, 1.82) is 0 Å². The smallest absolute Gasteiger partial charge is 0.255 e. The molecule has 0 aliphatic heterocycles. The van der Waals surface area contributed by atoms with Crippen molar-refractivity contribution in [3.63, 3.8) is 0 Å². The van der Waals surface area contributed by atoms with Gasteiger partial charge in [0, 0.05) is 23.6 Å². The summed E-state index contributed by atoms with van der Waals surface area (Å²) in [6, 6.07) is 9.08. The van der Waals surface area contributed by atoms with Gasteiger partial charge in [0.2, 0.25) is 11.7 Å². The van der Waals surface area contributed by atoms with Crippen molar-refractivity contribution in [2.45, 2.75) is 37.3 Å². The minimum Gasteiger partial charge on any atom is -0.510 e. The van der Waals surface area contributed by atoms with E-state index in [9.17, 15) is 39.6 Å². The summed E-state index contributed by atoms with van der Waals surface area (Å²) in [6.07, 6.45) is 1.19. The van der Waals surface area contributed by atoms with E-state index in [-0.39, 0.29) is 35.6 Å². The van der Waals surface area contributed by atoms with Gasteiger partial charge in [0.05, 0.1) is 11.6 Å². The molecule has 5 rings (SSSR count). The molecule has 0 heterocycles. The van der Waals surface area contributed by atoms with Gasteiger partial charge in [0.1, 0.15) is 22.8 Å². The molecule has 0 radical (unpaired) electrons. The summed E-state index contributed by atoms with van der Waals surface area (Å²) < 4.78 is 0. The molecule has 238 valence electrons. The Morgan fingerprint density at radius 2 is 1.78 bits per heavy atom. The number of allylic oxidation sites excluding steroid dienone is 1. The number of fused-ring (bicyclic) bond motifs is 3. The Bertz CT molecular complexity index is 1680. The summed E-state index contributed by atoms with van der Waals surface area (Å²) in [7, 11) is 7.04. The topological polar surface area (TPSA) is 194 Å². The van der Waals surface area contributed by atoms with Crippen molar-refractivity contribution < 1.29 is 39.6 Å². The quantitative estimate of drug-likeness (QED) is 0.239. The number of carbonyl (C=O) groups is 4. The van der Waals surface area contributed by atoms with Crippen molar-refractivity contribution in [1.82, 2.24) is 9.80 Å². The number of benzene rings is 2. The molecular weight excluding hydrogens is 580 g/mol. The highest BCUT2D eigenvalue weighted by Crippen LogP contribution is 2.53. The first-order valence-corrected chi connectivity index (χ1v) is 14.7. The second kappa shape index (κ2) is 11.8. The minimum atomic E-state index is -2.70. The number of aromatic hydroxyl groups is 1. The molecule has 3 aliphatic rings.